The van der Waals surface area contributed by atoms with Crippen molar-refractivity contribution >= 4 is 63.3 Å². The van der Waals surface area contributed by atoms with Crippen molar-refractivity contribution in [3.05, 3.63) is 41.5 Å². The minimum Gasteiger partial charge on any atom is -0.453 e. The Balaban J connectivity index is 1.92. The Morgan fingerprint density at radius 3 is 2.31 bits per heavy atom. The molecule has 0 saturated heterocycles. The highest BCUT2D eigenvalue weighted by Crippen LogP contribution is 2.18. The zero-order chi connectivity index (χ0) is 36.6. The molecule has 2 atom stereocenters. The number of anilines is 1. The largest absolute Gasteiger partial charge is 0.453 e. The van der Waals surface area contributed by atoms with Crippen molar-refractivity contribution < 1.29 is 51.2 Å². The maximum absolute atomic E-state index is 13.1. The highest BCUT2D eigenvalue weighted by Gasteiger charge is 2.27. The number of nitrogens with one attached hydrogen (secondary N) is 3. The van der Waals surface area contributed by atoms with Gasteiger partial charge in [-0.15, -0.1) is 0 Å². The number of ether oxygens (including phenoxy) is 2. The molecule has 1 heterocycles. The summed E-state index contributed by atoms with van der Waals surface area (Å²) in [7, 11) is -4.08. The predicted octanol–water partition coefficient (Wildman–Crippen LogP) is 1.97. The Kier molecular flexibility index (Phi) is 17.0. The maximum atomic E-state index is 13.1. The van der Waals surface area contributed by atoms with Gasteiger partial charge >= 0.3 is 5.30 Å². The van der Waals surface area contributed by atoms with Gasteiger partial charge in [0.05, 0.1) is 5.75 Å². The van der Waals surface area contributed by atoms with Gasteiger partial charge in [0.25, 0.3) is 21.9 Å². The minimum atomic E-state index is -4.08. The van der Waals surface area contributed by atoms with E-state index in [2.05, 4.69) is 40.4 Å². The first-order chi connectivity index (χ1) is 23.1. The molecule has 1 aromatic rings. The first-order valence-corrected chi connectivity index (χ1v) is 17.6. The number of amides is 5. The van der Waals surface area contributed by atoms with Gasteiger partial charge in [-0.2, -0.15) is 8.42 Å². The van der Waals surface area contributed by atoms with Crippen LogP contribution in [0, 0.1) is 17.8 Å². The Morgan fingerprint density at radius 1 is 0.980 bits per heavy atom. The maximum Gasteiger partial charge on any atom is 0.364 e. The Morgan fingerprint density at radius 2 is 1.67 bits per heavy atom. The fraction of sp³-hybridized carbons (Fsp3) is 0.500. The van der Waals surface area contributed by atoms with Crippen molar-refractivity contribution in [2.45, 2.75) is 71.6 Å². The van der Waals surface area contributed by atoms with E-state index < -0.39 is 45.1 Å². The van der Waals surface area contributed by atoms with Gasteiger partial charge in [0.1, 0.15) is 25.3 Å². The van der Waals surface area contributed by atoms with Gasteiger partial charge < -0.3 is 25.4 Å². The number of unbranched alkanes of at least 4 members (excludes halogenated alkanes) is 2. The zero-order valence-electron chi connectivity index (χ0n) is 27.5. The number of hydrogen-bond acceptors (Lipinski definition) is 10. The van der Waals surface area contributed by atoms with Crippen molar-refractivity contribution in [1.29, 1.82) is 0 Å². The molecule has 5 amide bonds. The summed E-state index contributed by atoms with van der Waals surface area (Å²) in [6, 6.07) is 2.78. The first kappa shape index (κ1) is 40.9. The number of nitrogens with zero attached hydrogens (tertiary/aromatic N) is 1. The van der Waals surface area contributed by atoms with E-state index >= 15 is 0 Å². The molecular formula is C32H42N4O11S2. The highest BCUT2D eigenvalue weighted by atomic mass is 32.2. The summed E-state index contributed by atoms with van der Waals surface area (Å²) < 4.78 is 40.6. The SMILES string of the molecule is CC(C)[C@H](NC(=O)CCCCCN1C(=O)C=CC1=O)C(=O)N[C@@H](C)C(=O)Nc1ccc(COC(=O)S)c(C#CCOCCCS(=O)(=O)O)c1. The van der Waals surface area contributed by atoms with Gasteiger partial charge in [-0.3, -0.25) is 33.4 Å². The number of carbonyl (C=O) groups excluding carboxylic acids is 6. The van der Waals surface area contributed by atoms with Crippen molar-refractivity contribution in [1.82, 2.24) is 15.5 Å². The van der Waals surface area contributed by atoms with E-state index in [9.17, 15) is 37.2 Å². The van der Waals surface area contributed by atoms with E-state index in [1.54, 1.807) is 26.0 Å². The van der Waals surface area contributed by atoms with Crippen LogP contribution in [-0.2, 0) is 50.2 Å². The molecular weight excluding hydrogens is 681 g/mol. The van der Waals surface area contributed by atoms with Crippen molar-refractivity contribution in [3.8, 4) is 11.8 Å². The van der Waals surface area contributed by atoms with Gasteiger partial charge in [-0.05, 0) is 44.2 Å². The summed E-state index contributed by atoms with van der Waals surface area (Å²) in [6.07, 6.45) is 4.30. The summed E-state index contributed by atoms with van der Waals surface area (Å²) in [5.41, 5.74) is 1.22. The summed E-state index contributed by atoms with van der Waals surface area (Å²) in [5, 5.41) is 7.23. The van der Waals surface area contributed by atoms with E-state index in [4.69, 9.17) is 14.0 Å². The van der Waals surface area contributed by atoms with Gasteiger partial charge in [0, 0.05) is 48.5 Å². The standard InChI is InChI=1S/C32H42N4O11S2/c1-21(2)29(35-26(37)10-5-4-6-15-36-27(38)13-14-28(36)39)31(41)33-22(3)30(40)34-25-12-11-24(20-47-32(42)48)23(19-25)9-7-16-46-17-8-18-49(43,44)45/h11-14,19,21-22,29H,4-6,8,10,15-18,20H2,1-3H3,(H,33,41)(H,34,40)(H,35,37)(H,42,48)(H,43,44,45)/t22-,29-/m0/s1. The van der Waals surface area contributed by atoms with E-state index in [-0.39, 0.29) is 62.8 Å². The lowest BCUT2D eigenvalue weighted by Crippen LogP contribution is -2.53. The van der Waals surface area contributed by atoms with Crippen LogP contribution < -0.4 is 16.0 Å². The third kappa shape index (κ3) is 15.7. The van der Waals surface area contributed by atoms with Crippen LogP contribution in [-0.4, -0.2) is 90.3 Å². The predicted molar refractivity (Wildman–Crippen MR) is 182 cm³/mol. The second kappa shape index (κ2) is 20.3. The van der Waals surface area contributed by atoms with E-state index in [1.165, 1.54) is 25.1 Å². The van der Waals surface area contributed by atoms with Crippen LogP contribution in [0.3, 0.4) is 0 Å². The summed E-state index contributed by atoms with van der Waals surface area (Å²) in [4.78, 5) is 74.2. The van der Waals surface area contributed by atoms with Crippen LogP contribution in [0.4, 0.5) is 10.5 Å². The highest BCUT2D eigenvalue weighted by molar-refractivity contribution is 7.96. The summed E-state index contributed by atoms with van der Waals surface area (Å²) in [5.74, 6) is 2.73. The monoisotopic (exact) mass is 722 g/mol. The van der Waals surface area contributed by atoms with Crippen molar-refractivity contribution in [2.75, 3.05) is 30.8 Å². The number of rotatable bonds is 19. The molecule has 0 spiro atoms. The van der Waals surface area contributed by atoms with Gasteiger partial charge in [0.15, 0.2) is 0 Å². The molecule has 0 fully saturated rings. The van der Waals surface area contributed by atoms with Crippen LogP contribution in [0.2, 0.25) is 0 Å². The number of hydrogen-bond donors (Lipinski definition) is 5. The van der Waals surface area contributed by atoms with E-state index in [1.807, 2.05) is 0 Å². The molecule has 0 bridgehead atoms. The minimum absolute atomic E-state index is 0.0466. The van der Waals surface area contributed by atoms with Gasteiger partial charge in [-0.25, -0.2) is 4.79 Å². The molecule has 0 aromatic heterocycles. The van der Waals surface area contributed by atoms with Crippen LogP contribution in [0.5, 0.6) is 0 Å². The lowest BCUT2D eigenvalue weighted by Gasteiger charge is -2.24. The molecule has 17 heteroatoms. The molecule has 1 aromatic carbocycles. The molecule has 0 saturated carbocycles. The number of benzene rings is 1. The third-order valence-corrected chi connectivity index (χ3v) is 7.95. The average Bonchev–Trinajstić information content (AvgIpc) is 3.34. The molecule has 0 unspecified atom stereocenters. The number of imide groups is 1. The zero-order valence-corrected chi connectivity index (χ0v) is 29.2. The molecule has 1 aliphatic rings. The van der Waals surface area contributed by atoms with Crippen LogP contribution in [0.15, 0.2) is 30.4 Å². The van der Waals surface area contributed by atoms with Crippen LogP contribution in [0.25, 0.3) is 0 Å². The third-order valence-electron chi connectivity index (χ3n) is 7.02. The Labute approximate surface area is 291 Å². The van der Waals surface area contributed by atoms with E-state index in [0.717, 1.165) is 4.90 Å². The topological polar surface area (TPSA) is 215 Å². The summed E-state index contributed by atoms with van der Waals surface area (Å²) >= 11 is 3.59. The molecule has 49 heavy (non-hydrogen) atoms. The van der Waals surface area contributed by atoms with E-state index in [0.29, 0.717) is 36.1 Å². The molecule has 2 rings (SSSR count). The van der Waals surface area contributed by atoms with Crippen molar-refractivity contribution in [2.24, 2.45) is 5.92 Å². The smallest absolute Gasteiger partial charge is 0.364 e. The van der Waals surface area contributed by atoms with Crippen LogP contribution >= 0.6 is 12.6 Å². The van der Waals surface area contributed by atoms with Gasteiger partial charge in [0.2, 0.25) is 17.7 Å². The molecule has 15 nitrogen and oxygen atoms in total. The molecule has 4 N–H and O–H groups in total. The Bertz CT molecular complexity index is 1560. The van der Waals surface area contributed by atoms with Crippen molar-refractivity contribution in [3.63, 3.8) is 0 Å². The molecule has 0 aliphatic carbocycles. The summed E-state index contributed by atoms with van der Waals surface area (Å²) in [6.45, 7) is 5.10. The Hall–Kier alpha value is -4.24. The number of thiol groups is 1. The molecule has 0 radical (unpaired) electrons. The normalized spacial score (nSPS) is 13.8. The average molecular weight is 723 g/mol. The number of carbonyl (C=O) groups is 6. The van der Waals surface area contributed by atoms with Crippen LogP contribution in [0.1, 0.15) is 64.0 Å². The first-order valence-electron chi connectivity index (χ1n) is 15.5. The lowest BCUT2D eigenvalue weighted by atomic mass is 10.0. The fourth-order valence-electron chi connectivity index (χ4n) is 4.42. The molecule has 1 aliphatic heterocycles. The lowest BCUT2D eigenvalue weighted by molar-refractivity contribution is -0.137. The fourth-order valence-corrected chi connectivity index (χ4v) is 4.96. The second-order valence-corrected chi connectivity index (χ2v) is 13.3. The van der Waals surface area contributed by atoms with Gasteiger partial charge in [-0.1, -0.05) is 50.8 Å². The molecule has 268 valence electrons. The second-order valence-electron chi connectivity index (χ2n) is 11.4. The quantitative estimate of drug-likeness (QED) is 0.0348.